The number of nitrogens with one attached hydrogen (secondary N) is 3. The molecule has 0 spiro atoms. The first kappa shape index (κ1) is 21.8. The first-order valence-electron chi connectivity index (χ1n) is 9.41. The molecule has 1 aliphatic heterocycles. The SMILES string of the molecule is C=C1C=Nc2nccc(Oc3cccc(NC(=O)Nc4cc(C(F)(F)F)ccc4F)c3)c2N1. The number of allylic oxidation sites excluding steroid dienone is 1. The Morgan fingerprint density at radius 1 is 1.09 bits per heavy atom. The van der Waals surface area contributed by atoms with Gasteiger partial charge in [0.15, 0.2) is 11.6 Å². The number of ether oxygens (including phenoxy) is 1. The summed E-state index contributed by atoms with van der Waals surface area (Å²) in [5.74, 6) is 0.158. The molecule has 0 atom stereocenters. The zero-order valence-corrected chi connectivity index (χ0v) is 16.7. The van der Waals surface area contributed by atoms with E-state index in [0.29, 0.717) is 46.9 Å². The van der Waals surface area contributed by atoms with E-state index in [4.69, 9.17) is 4.74 Å². The van der Waals surface area contributed by atoms with E-state index in [1.807, 2.05) is 0 Å². The fourth-order valence-corrected chi connectivity index (χ4v) is 2.91. The Bertz CT molecular complexity index is 1270. The van der Waals surface area contributed by atoms with Gasteiger partial charge >= 0.3 is 12.2 Å². The highest BCUT2D eigenvalue weighted by Crippen LogP contribution is 2.38. The van der Waals surface area contributed by atoms with E-state index >= 15 is 0 Å². The highest BCUT2D eigenvalue weighted by atomic mass is 19.4. The van der Waals surface area contributed by atoms with Crippen molar-refractivity contribution in [1.29, 1.82) is 0 Å². The molecule has 0 fully saturated rings. The van der Waals surface area contributed by atoms with Crippen LogP contribution in [0.1, 0.15) is 5.56 Å². The molecule has 168 valence electrons. The Balaban J connectivity index is 1.48. The average molecular weight is 457 g/mol. The fourth-order valence-electron chi connectivity index (χ4n) is 2.91. The minimum Gasteiger partial charge on any atom is -0.455 e. The number of aliphatic imine (C=N–C) groups is 1. The Hall–Kier alpha value is -4.41. The first-order valence-corrected chi connectivity index (χ1v) is 9.41. The van der Waals surface area contributed by atoms with Crippen molar-refractivity contribution in [2.45, 2.75) is 6.18 Å². The number of alkyl halides is 3. The standard InChI is InChI=1S/C22H15F4N5O2/c1-12-11-28-20-19(29-12)18(7-8-27-20)33-15-4-2-3-14(10-15)30-21(32)31-17-9-13(22(24,25)26)5-6-16(17)23/h2-11,29H,1H2,(H2,30,31,32). The van der Waals surface area contributed by atoms with Crippen LogP contribution >= 0.6 is 0 Å². The number of anilines is 3. The van der Waals surface area contributed by atoms with Gasteiger partial charge in [0.25, 0.3) is 0 Å². The predicted octanol–water partition coefficient (Wildman–Crippen LogP) is 6.32. The molecular formula is C22H15F4N5O2. The molecule has 4 rings (SSSR count). The number of rotatable bonds is 4. The van der Waals surface area contributed by atoms with Crippen molar-refractivity contribution in [3.8, 4) is 11.5 Å². The van der Waals surface area contributed by atoms with Crippen LogP contribution in [0.2, 0.25) is 0 Å². The molecule has 0 bridgehead atoms. The number of hydrogen-bond acceptors (Lipinski definition) is 5. The Morgan fingerprint density at radius 2 is 1.91 bits per heavy atom. The molecule has 2 amide bonds. The molecule has 3 N–H and O–H groups in total. The third kappa shape index (κ3) is 5.09. The summed E-state index contributed by atoms with van der Waals surface area (Å²) in [6.07, 6.45) is -1.64. The van der Waals surface area contributed by atoms with Crippen LogP contribution in [-0.4, -0.2) is 17.2 Å². The number of fused-ring (bicyclic) bond motifs is 1. The largest absolute Gasteiger partial charge is 0.455 e. The number of carbonyl (C=O) groups is 1. The summed E-state index contributed by atoms with van der Waals surface area (Å²) < 4.78 is 58.3. The quantitative estimate of drug-likeness (QED) is 0.400. The number of pyridine rings is 1. The summed E-state index contributed by atoms with van der Waals surface area (Å²) >= 11 is 0. The average Bonchev–Trinajstić information content (AvgIpc) is 2.75. The third-order valence-electron chi connectivity index (χ3n) is 4.38. The minimum atomic E-state index is -4.68. The van der Waals surface area contributed by atoms with Crippen molar-refractivity contribution in [3.05, 3.63) is 78.4 Å². The number of halogens is 4. The molecule has 11 heteroatoms. The lowest BCUT2D eigenvalue weighted by molar-refractivity contribution is -0.137. The Labute approximate surface area is 184 Å². The maximum Gasteiger partial charge on any atom is 0.416 e. The van der Waals surface area contributed by atoms with Crippen LogP contribution in [-0.2, 0) is 6.18 Å². The molecular weight excluding hydrogens is 442 g/mol. The second-order valence-corrected chi connectivity index (χ2v) is 6.82. The second kappa shape index (κ2) is 8.61. The van der Waals surface area contributed by atoms with E-state index in [9.17, 15) is 22.4 Å². The molecule has 0 radical (unpaired) electrons. The van der Waals surface area contributed by atoms with E-state index < -0.39 is 29.3 Å². The number of aromatic nitrogens is 1. The molecule has 2 heterocycles. The predicted molar refractivity (Wildman–Crippen MR) is 116 cm³/mol. The second-order valence-electron chi connectivity index (χ2n) is 6.82. The zero-order chi connectivity index (χ0) is 23.6. The topological polar surface area (TPSA) is 87.6 Å². The maximum atomic E-state index is 13.9. The summed E-state index contributed by atoms with van der Waals surface area (Å²) in [5, 5.41) is 7.52. The number of amides is 2. The van der Waals surface area contributed by atoms with Gasteiger partial charge in [-0.05, 0) is 30.3 Å². The Morgan fingerprint density at radius 3 is 2.70 bits per heavy atom. The first-order chi connectivity index (χ1) is 15.7. The van der Waals surface area contributed by atoms with Crippen LogP contribution in [0, 0.1) is 5.82 Å². The van der Waals surface area contributed by atoms with Gasteiger partial charge in [0, 0.05) is 29.7 Å². The number of hydrogen-bond donors (Lipinski definition) is 3. The van der Waals surface area contributed by atoms with Gasteiger partial charge in [0.2, 0.25) is 0 Å². The third-order valence-corrected chi connectivity index (χ3v) is 4.38. The van der Waals surface area contributed by atoms with Gasteiger partial charge in [-0.15, -0.1) is 0 Å². The number of urea groups is 1. The molecule has 1 aliphatic rings. The summed E-state index contributed by atoms with van der Waals surface area (Å²) in [4.78, 5) is 20.5. The molecule has 1 aromatic heterocycles. The summed E-state index contributed by atoms with van der Waals surface area (Å²) in [6, 6.07) is 8.66. The van der Waals surface area contributed by atoms with Crippen molar-refractivity contribution in [2.75, 3.05) is 16.0 Å². The van der Waals surface area contributed by atoms with E-state index in [0.717, 1.165) is 0 Å². The smallest absolute Gasteiger partial charge is 0.416 e. The van der Waals surface area contributed by atoms with Crippen LogP contribution in [0.4, 0.5) is 45.2 Å². The lowest BCUT2D eigenvalue weighted by Gasteiger charge is -2.17. The summed E-state index contributed by atoms with van der Waals surface area (Å²) in [7, 11) is 0. The monoisotopic (exact) mass is 457 g/mol. The molecule has 33 heavy (non-hydrogen) atoms. The van der Waals surface area contributed by atoms with Gasteiger partial charge in [-0.1, -0.05) is 12.6 Å². The van der Waals surface area contributed by atoms with Gasteiger partial charge in [-0.3, -0.25) is 0 Å². The van der Waals surface area contributed by atoms with Crippen molar-refractivity contribution < 1.29 is 27.1 Å². The van der Waals surface area contributed by atoms with Crippen molar-refractivity contribution in [3.63, 3.8) is 0 Å². The van der Waals surface area contributed by atoms with E-state index in [2.05, 4.69) is 32.5 Å². The number of nitrogens with zero attached hydrogens (tertiary/aromatic N) is 2. The molecule has 3 aromatic rings. The van der Waals surface area contributed by atoms with Crippen molar-refractivity contribution in [2.24, 2.45) is 4.99 Å². The van der Waals surface area contributed by atoms with Gasteiger partial charge in [-0.2, -0.15) is 13.2 Å². The van der Waals surface area contributed by atoms with Gasteiger partial charge < -0.3 is 20.7 Å². The highest BCUT2D eigenvalue weighted by molar-refractivity contribution is 6.00. The fraction of sp³-hybridized carbons (Fsp3) is 0.0455. The summed E-state index contributed by atoms with van der Waals surface area (Å²) in [5.41, 5.74) is -0.369. The van der Waals surface area contributed by atoms with Crippen molar-refractivity contribution in [1.82, 2.24) is 4.98 Å². The van der Waals surface area contributed by atoms with Crippen LogP contribution in [0.15, 0.2) is 72.0 Å². The van der Waals surface area contributed by atoms with E-state index in [1.165, 1.54) is 24.5 Å². The molecule has 0 aliphatic carbocycles. The zero-order valence-electron chi connectivity index (χ0n) is 16.7. The molecule has 0 saturated heterocycles. The van der Waals surface area contributed by atoms with Gasteiger partial charge in [0.05, 0.1) is 17.5 Å². The molecule has 0 unspecified atom stereocenters. The molecule has 0 saturated carbocycles. The number of benzene rings is 2. The van der Waals surface area contributed by atoms with Crippen molar-refractivity contribution >= 4 is 35.1 Å². The minimum absolute atomic E-state index is 0.260. The van der Waals surface area contributed by atoms with Gasteiger partial charge in [0.1, 0.15) is 17.3 Å². The van der Waals surface area contributed by atoms with Gasteiger partial charge in [-0.25, -0.2) is 19.2 Å². The summed E-state index contributed by atoms with van der Waals surface area (Å²) in [6.45, 7) is 3.78. The van der Waals surface area contributed by atoms with Crippen LogP contribution < -0.4 is 20.7 Å². The Kier molecular flexibility index (Phi) is 5.69. The highest BCUT2D eigenvalue weighted by Gasteiger charge is 2.31. The van der Waals surface area contributed by atoms with Crippen LogP contribution in [0.5, 0.6) is 11.5 Å². The van der Waals surface area contributed by atoms with E-state index in [1.54, 1.807) is 18.2 Å². The molecule has 7 nitrogen and oxygen atoms in total. The maximum absolute atomic E-state index is 13.9. The molecule has 2 aromatic carbocycles. The van der Waals surface area contributed by atoms with Crippen LogP contribution in [0.3, 0.4) is 0 Å². The normalized spacial score (nSPS) is 12.5. The van der Waals surface area contributed by atoms with Crippen LogP contribution in [0.25, 0.3) is 0 Å². The lowest BCUT2D eigenvalue weighted by atomic mass is 10.2. The number of carbonyl (C=O) groups excluding carboxylic acids is 1. The van der Waals surface area contributed by atoms with E-state index in [-0.39, 0.29) is 5.69 Å². The lowest BCUT2D eigenvalue weighted by Crippen LogP contribution is -2.20.